The number of amides is 2. The molecule has 0 unspecified atom stereocenters. The fraction of sp³-hybridized carbons (Fsp3) is 0.333. The number of rotatable bonds is 9. The third-order valence-corrected chi connectivity index (χ3v) is 8.10. The number of alkyl halides is 3. The van der Waals surface area contributed by atoms with Gasteiger partial charge >= 0.3 is 6.18 Å². The Labute approximate surface area is 243 Å². The molecule has 226 valence electrons. The number of carbonyl (C=O) groups is 2. The van der Waals surface area contributed by atoms with E-state index in [1.807, 2.05) is 0 Å². The number of nitrogens with zero attached hydrogens (tertiary/aromatic N) is 2. The number of aryl methyl sites for hydroxylation is 1. The second-order valence-electron chi connectivity index (χ2n) is 10.9. The van der Waals surface area contributed by atoms with Crippen molar-refractivity contribution in [1.82, 2.24) is 10.2 Å². The number of hydrogen-bond acceptors (Lipinski definition) is 4. The minimum atomic E-state index is -4.78. The van der Waals surface area contributed by atoms with Crippen LogP contribution in [0.25, 0.3) is 0 Å². The van der Waals surface area contributed by atoms with Crippen molar-refractivity contribution in [3.8, 4) is 0 Å². The Morgan fingerprint density at radius 3 is 2.12 bits per heavy atom. The predicted molar refractivity (Wildman–Crippen MR) is 151 cm³/mol. The van der Waals surface area contributed by atoms with Crippen molar-refractivity contribution < 1.29 is 35.6 Å². The summed E-state index contributed by atoms with van der Waals surface area (Å²) in [5.74, 6) is -2.16. The van der Waals surface area contributed by atoms with Crippen LogP contribution in [0.5, 0.6) is 0 Å². The number of nitrogens with one attached hydrogen (secondary N) is 1. The standard InChI is InChI=1S/C30H33F4N3O4S/c1-20-13-15-25(16-14-20)42(40,41)37(24-11-8-10-23(17-24)30(32,33)34)19-27(38)36(18-22-9-6-7-12-26(22)31)21(2)28(39)35-29(3,4)5/h6-17,21H,18-19H2,1-5H3,(H,35,39)/t21-/m0/s1. The Kier molecular flexibility index (Phi) is 9.71. The highest BCUT2D eigenvalue weighted by molar-refractivity contribution is 7.92. The number of halogens is 4. The van der Waals surface area contributed by atoms with Gasteiger partial charge in [0.15, 0.2) is 0 Å². The largest absolute Gasteiger partial charge is 0.416 e. The average molecular weight is 608 g/mol. The molecule has 0 radical (unpaired) electrons. The maximum Gasteiger partial charge on any atom is 0.416 e. The molecule has 1 N–H and O–H groups in total. The Morgan fingerprint density at radius 1 is 0.929 bits per heavy atom. The number of benzene rings is 3. The minimum absolute atomic E-state index is 0.0632. The van der Waals surface area contributed by atoms with Gasteiger partial charge in [0.2, 0.25) is 11.8 Å². The summed E-state index contributed by atoms with van der Waals surface area (Å²) in [5.41, 5.74) is -1.40. The van der Waals surface area contributed by atoms with E-state index >= 15 is 0 Å². The van der Waals surface area contributed by atoms with Crippen LogP contribution in [0, 0.1) is 12.7 Å². The van der Waals surface area contributed by atoms with Gasteiger partial charge in [-0.1, -0.05) is 42.0 Å². The van der Waals surface area contributed by atoms with E-state index in [0.29, 0.717) is 10.4 Å². The second-order valence-corrected chi connectivity index (χ2v) is 12.8. The van der Waals surface area contributed by atoms with E-state index in [0.717, 1.165) is 28.7 Å². The zero-order valence-electron chi connectivity index (χ0n) is 23.9. The molecule has 0 fully saturated rings. The van der Waals surface area contributed by atoms with Crippen LogP contribution in [0.1, 0.15) is 44.4 Å². The Morgan fingerprint density at radius 2 is 1.55 bits per heavy atom. The van der Waals surface area contributed by atoms with E-state index in [9.17, 15) is 35.6 Å². The van der Waals surface area contributed by atoms with Crippen molar-refractivity contribution in [1.29, 1.82) is 0 Å². The smallest absolute Gasteiger partial charge is 0.350 e. The van der Waals surface area contributed by atoms with Gasteiger partial charge < -0.3 is 10.2 Å². The molecule has 3 aromatic carbocycles. The lowest BCUT2D eigenvalue weighted by atomic mass is 10.1. The molecule has 0 saturated carbocycles. The molecule has 12 heteroatoms. The molecule has 0 aliphatic rings. The summed E-state index contributed by atoms with van der Waals surface area (Å²) in [6.45, 7) is 6.96. The zero-order valence-corrected chi connectivity index (χ0v) is 24.7. The molecule has 1 atom stereocenters. The van der Waals surface area contributed by atoms with Crippen molar-refractivity contribution in [3.63, 3.8) is 0 Å². The summed E-state index contributed by atoms with van der Waals surface area (Å²) in [5, 5.41) is 2.74. The predicted octanol–water partition coefficient (Wildman–Crippen LogP) is 5.68. The SMILES string of the molecule is Cc1ccc(S(=O)(=O)N(CC(=O)N(Cc2ccccc2F)[C@@H](C)C(=O)NC(C)(C)C)c2cccc(C(F)(F)F)c2)cc1. The topological polar surface area (TPSA) is 86.8 Å². The normalized spacial score (nSPS) is 12.9. The highest BCUT2D eigenvalue weighted by atomic mass is 32.2. The fourth-order valence-corrected chi connectivity index (χ4v) is 5.48. The Hall–Kier alpha value is -3.93. The van der Waals surface area contributed by atoms with Crippen LogP contribution in [-0.2, 0) is 32.3 Å². The highest BCUT2D eigenvalue weighted by Crippen LogP contribution is 2.33. The second kappa shape index (κ2) is 12.5. The molecule has 0 aliphatic carbocycles. The molecule has 2 amide bonds. The molecular weight excluding hydrogens is 574 g/mol. The number of anilines is 1. The molecule has 0 heterocycles. The third-order valence-electron chi connectivity index (χ3n) is 6.31. The summed E-state index contributed by atoms with van der Waals surface area (Å²) >= 11 is 0. The maximum atomic E-state index is 14.6. The first-order valence-electron chi connectivity index (χ1n) is 13.0. The molecular formula is C30H33F4N3O4S. The van der Waals surface area contributed by atoms with Gasteiger partial charge in [0, 0.05) is 17.6 Å². The monoisotopic (exact) mass is 607 g/mol. The van der Waals surface area contributed by atoms with Gasteiger partial charge in [-0.15, -0.1) is 0 Å². The molecule has 0 aromatic heterocycles. The quantitative estimate of drug-likeness (QED) is 0.317. The summed E-state index contributed by atoms with van der Waals surface area (Å²) in [7, 11) is -4.57. The summed E-state index contributed by atoms with van der Waals surface area (Å²) in [6.07, 6.45) is -4.78. The van der Waals surface area contributed by atoms with Crippen molar-refractivity contribution in [2.24, 2.45) is 0 Å². The summed E-state index contributed by atoms with van der Waals surface area (Å²) in [6, 6.07) is 13.6. The fourth-order valence-electron chi connectivity index (χ4n) is 4.07. The molecule has 3 rings (SSSR count). The van der Waals surface area contributed by atoms with Crippen LogP contribution in [-0.4, -0.2) is 43.3 Å². The van der Waals surface area contributed by atoms with Gasteiger partial charge in [0.05, 0.1) is 16.1 Å². The lowest BCUT2D eigenvalue weighted by Gasteiger charge is -2.33. The maximum absolute atomic E-state index is 14.6. The van der Waals surface area contributed by atoms with E-state index in [1.54, 1.807) is 27.7 Å². The minimum Gasteiger partial charge on any atom is -0.350 e. The van der Waals surface area contributed by atoms with Crippen LogP contribution < -0.4 is 9.62 Å². The van der Waals surface area contributed by atoms with Gasteiger partial charge in [-0.3, -0.25) is 13.9 Å². The van der Waals surface area contributed by atoms with E-state index in [-0.39, 0.29) is 10.5 Å². The Bertz CT molecular complexity index is 1540. The van der Waals surface area contributed by atoms with Crippen molar-refractivity contribution in [3.05, 3.63) is 95.3 Å². The molecule has 7 nitrogen and oxygen atoms in total. The lowest BCUT2D eigenvalue weighted by molar-refractivity contribution is -0.140. The third kappa shape index (κ3) is 8.09. The molecule has 42 heavy (non-hydrogen) atoms. The highest BCUT2D eigenvalue weighted by Gasteiger charge is 2.36. The average Bonchev–Trinajstić information content (AvgIpc) is 2.89. The molecule has 0 spiro atoms. The summed E-state index contributed by atoms with van der Waals surface area (Å²) < 4.78 is 83.5. The zero-order chi connectivity index (χ0) is 31.5. The first-order chi connectivity index (χ1) is 19.4. The van der Waals surface area contributed by atoms with Crippen molar-refractivity contribution >= 4 is 27.5 Å². The number of sulfonamides is 1. The first-order valence-corrected chi connectivity index (χ1v) is 14.5. The number of hydrogen-bond donors (Lipinski definition) is 1. The first kappa shape index (κ1) is 32.6. The number of carbonyl (C=O) groups excluding carboxylic acids is 2. The van der Waals surface area contributed by atoms with Gasteiger partial charge in [-0.2, -0.15) is 13.2 Å². The van der Waals surface area contributed by atoms with Gasteiger partial charge in [-0.05, 0) is 71.0 Å². The van der Waals surface area contributed by atoms with Crippen LogP contribution >= 0.6 is 0 Å². The Balaban J connectivity index is 2.11. The molecule has 0 aliphatic heterocycles. The lowest BCUT2D eigenvalue weighted by Crippen LogP contribution is -2.54. The van der Waals surface area contributed by atoms with Crippen molar-refractivity contribution in [2.45, 2.75) is 63.8 Å². The van der Waals surface area contributed by atoms with E-state index in [1.165, 1.54) is 55.5 Å². The van der Waals surface area contributed by atoms with Gasteiger partial charge in [-0.25, -0.2) is 12.8 Å². The molecule has 0 saturated heterocycles. The van der Waals surface area contributed by atoms with E-state index < -0.39 is 69.8 Å². The molecule has 0 bridgehead atoms. The van der Waals surface area contributed by atoms with Crippen LogP contribution in [0.4, 0.5) is 23.2 Å². The van der Waals surface area contributed by atoms with Gasteiger partial charge in [0.25, 0.3) is 10.0 Å². The van der Waals surface area contributed by atoms with Crippen LogP contribution in [0.3, 0.4) is 0 Å². The van der Waals surface area contributed by atoms with Crippen molar-refractivity contribution in [2.75, 3.05) is 10.8 Å². The summed E-state index contributed by atoms with van der Waals surface area (Å²) in [4.78, 5) is 27.7. The van der Waals surface area contributed by atoms with E-state index in [2.05, 4.69) is 5.32 Å². The van der Waals surface area contributed by atoms with Crippen LogP contribution in [0.15, 0.2) is 77.7 Å². The van der Waals surface area contributed by atoms with E-state index in [4.69, 9.17) is 0 Å². The van der Waals surface area contributed by atoms with Gasteiger partial charge in [0.1, 0.15) is 18.4 Å². The van der Waals surface area contributed by atoms with Crippen LogP contribution in [0.2, 0.25) is 0 Å². The molecule has 3 aromatic rings.